The molecule has 12 aromatic carbocycles. The van der Waals surface area contributed by atoms with Crippen LogP contribution in [-0.4, -0.2) is 0 Å². The lowest BCUT2D eigenvalue weighted by atomic mass is 9.66. The molecule has 3 nitrogen and oxygen atoms in total. The third-order valence-electron chi connectivity index (χ3n) is 16.6. The summed E-state index contributed by atoms with van der Waals surface area (Å²) in [5, 5.41) is 2.43. The molecule has 350 valence electrons. The molecule has 0 atom stereocenters. The fourth-order valence-electron chi connectivity index (χ4n) is 13.4. The Balaban J connectivity index is 0.942. The van der Waals surface area contributed by atoms with E-state index in [1.807, 2.05) is 0 Å². The molecule has 0 bridgehead atoms. The van der Waals surface area contributed by atoms with Crippen LogP contribution in [0, 0.1) is 0 Å². The zero-order valence-corrected chi connectivity index (χ0v) is 40.7. The highest BCUT2D eigenvalue weighted by molar-refractivity contribution is 5.99. The largest absolute Gasteiger partial charge is 0.457 e. The summed E-state index contributed by atoms with van der Waals surface area (Å²) in [6.07, 6.45) is 0. The van der Waals surface area contributed by atoms with E-state index < -0.39 is 10.8 Å². The molecule has 0 saturated carbocycles. The number of nitrogens with zero attached hydrogens (tertiary/aromatic N) is 1. The van der Waals surface area contributed by atoms with Crippen LogP contribution in [0.1, 0.15) is 44.5 Å². The lowest BCUT2D eigenvalue weighted by Gasteiger charge is -2.40. The second-order valence-corrected chi connectivity index (χ2v) is 20.3. The summed E-state index contributed by atoms with van der Waals surface area (Å²) in [6, 6.07) is 100. The van der Waals surface area contributed by atoms with Crippen molar-refractivity contribution in [2.24, 2.45) is 0 Å². The number of anilines is 3. The lowest BCUT2D eigenvalue weighted by Crippen LogP contribution is -2.32. The van der Waals surface area contributed by atoms with Gasteiger partial charge in [0, 0.05) is 39.3 Å². The first-order valence-electron chi connectivity index (χ1n) is 25.9. The molecule has 2 aliphatic carbocycles. The summed E-state index contributed by atoms with van der Waals surface area (Å²) in [4.78, 5) is 2.47. The quantitative estimate of drug-likeness (QED) is 0.172. The van der Waals surface area contributed by atoms with Gasteiger partial charge in [0.1, 0.15) is 23.0 Å². The van der Waals surface area contributed by atoms with Crippen LogP contribution in [0.3, 0.4) is 0 Å². The fourth-order valence-corrected chi connectivity index (χ4v) is 13.4. The smallest absolute Gasteiger partial charge is 0.132 e. The first kappa shape index (κ1) is 41.9. The van der Waals surface area contributed by atoms with Gasteiger partial charge in [0.05, 0.1) is 10.8 Å². The molecule has 0 saturated heterocycles. The van der Waals surface area contributed by atoms with E-state index in [-0.39, 0.29) is 0 Å². The maximum atomic E-state index is 6.83. The van der Waals surface area contributed by atoms with Gasteiger partial charge in [-0.3, -0.25) is 0 Å². The van der Waals surface area contributed by atoms with Crippen molar-refractivity contribution in [1.29, 1.82) is 0 Å². The highest BCUT2D eigenvalue weighted by atomic mass is 16.5. The van der Waals surface area contributed by atoms with E-state index in [2.05, 4.69) is 278 Å². The molecule has 4 aliphatic rings. The van der Waals surface area contributed by atoms with E-state index >= 15 is 0 Å². The molecule has 2 spiro atoms. The Hall–Kier alpha value is -9.70. The second-order valence-electron chi connectivity index (χ2n) is 20.3. The summed E-state index contributed by atoms with van der Waals surface area (Å²) in [5.41, 5.74) is 21.1. The number of ether oxygens (including phenoxy) is 2. The molecule has 75 heavy (non-hydrogen) atoms. The lowest BCUT2D eigenvalue weighted by molar-refractivity contribution is 0.436. The minimum Gasteiger partial charge on any atom is -0.457 e. The Labute approximate surface area is 435 Å². The average Bonchev–Trinajstić information content (AvgIpc) is 4.05. The molecular weight excluding hydrogens is 911 g/mol. The molecule has 16 rings (SSSR count). The molecule has 0 radical (unpaired) electrons. The van der Waals surface area contributed by atoms with Crippen LogP contribution in [0.5, 0.6) is 23.0 Å². The van der Waals surface area contributed by atoms with E-state index in [1.54, 1.807) is 0 Å². The fraction of sp³-hybridized carbons (Fsp3) is 0.0278. The standard InChI is InChI=1S/C72H45NO2/c1-2-16-46(17-3-1)47-30-32-48(33-31-47)49-34-36-52(37-35-49)73(53-38-40-56-55-20-6-7-21-59(55)71(65(56)44-53)60-22-8-12-26-67(60)74-68-27-13-9-23-61(68)71)54-39-41-57-58-42-50-18-4-5-19-51(50)43-64(58)72(66(57)45-54)62-24-10-14-28-69(62)75-70-29-15-11-25-63(70)72/h1-45H. The van der Waals surface area contributed by atoms with Crippen molar-refractivity contribution in [1.82, 2.24) is 0 Å². The van der Waals surface area contributed by atoms with Crippen LogP contribution in [0.2, 0.25) is 0 Å². The van der Waals surface area contributed by atoms with E-state index in [0.29, 0.717) is 0 Å². The monoisotopic (exact) mass is 955 g/mol. The zero-order valence-electron chi connectivity index (χ0n) is 40.7. The summed E-state index contributed by atoms with van der Waals surface area (Å²) in [5.74, 6) is 3.50. The van der Waals surface area contributed by atoms with Crippen LogP contribution in [-0.2, 0) is 10.8 Å². The molecule has 2 aliphatic heterocycles. The first-order chi connectivity index (χ1) is 37.2. The number of fused-ring (bicyclic) bond motifs is 19. The van der Waals surface area contributed by atoms with Crippen LogP contribution >= 0.6 is 0 Å². The van der Waals surface area contributed by atoms with E-state index in [4.69, 9.17) is 9.47 Å². The van der Waals surface area contributed by atoms with Crippen molar-refractivity contribution in [2.45, 2.75) is 10.8 Å². The van der Waals surface area contributed by atoms with E-state index in [9.17, 15) is 0 Å². The van der Waals surface area contributed by atoms with Crippen LogP contribution in [0.4, 0.5) is 17.1 Å². The molecule has 12 aromatic rings. The highest BCUT2D eigenvalue weighted by Gasteiger charge is 2.53. The third-order valence-corrected chi connectivity index (χ3v) is 16.6. The van der Waals surface area contributed by atoms with Gasteiger partial charge in [-0.25, -0.2) is 0 Å². The van der Waals surface area contributed by atoms with Gasteiger partial charge in [-0.05, 0) is 150 Å². The van der Waals surface area contributed by atoms with Crippen LogP contribution in [0.15, 0.2) is 273 Å². The maximum Gasteiger partial charge on any atom is 0.132 e. The summed E-state index contributed by atoms with van der Waals surface area (Å²) >= 11 is 0. The van der Waals surface area contributed by atoms with Gasteiger partial charge in [0.2, 0.25) is 0 Å². The second kappa shape index (κ2) is 15.9. The Kier molecular flexibility index (Phi) is 8.88. The normalized spacial score (nSPS) is 14.0. The van der Waals surface area contributed by atoms with Crippen molar-refractivity contribution < 1.29 is 9.47 Å². The van der Waals surface area contributed by atoms with Gasteiger partial charge >= 0.3 is 0 Å². The number of hydrogen-bond donors (Lipinski definition) is 0. The van der Waals surface area contributed by atoms with Gasteiger partial charge < -0.3 is 14.4 Å². The average molecular weight is 956 g/mol. The van der Waals surface area contributed by atoms with Crippen LogP contribution < -0.4 is 14.4 Å². The van der Waals surface area contributed by atoms with E-state index in [0.717, 1.165) is 67.9 Å². The van der Waals surface area contributed by atoms with Crippen molar-refractivity contribution >= 4 is 27.8 Å². The van der Waals surface area contributed by atoms with Crippen molar-refractivity contribution in [3.05, 3.63) is 317 Å². The van der Waals surface area contributed by atoms with Crippen molar-refractivity contribution in [3.8, 4) is 67.5 Å². The number of rotatable bonds is 5. The van der Waals surface area contributed by atoms with Crippen LogP contribution in [0.25, 0.3) is 55.3 Å². The summed E-state index contributed by atoms with van der Waals surface area (Å²) in [6.45, 7) is 0. The van der Waals surface area contributed by atoms with Gasteiger partial charge in [-0.2, -0.15) is 0 Å². The molecule has 3 heteroatoms. The minimum absolute atomic E-state index is 0.629. The molecule has 0 unspecified atom stereocenters. The SMILES string of the molecule is c1ccc(-c2ccc(-c3ccc(N(c4ccc5c(c4)C4(c6ccccc6Oc6ccccc64)c4ccccc4-5)c4ccc5c(c4)C4(c6ccccc6Oc6ccccc64)c4cc6ccccc6cc4-5)cc3)cc2)cc1. The molecule has 0 aromatic heterocycles. The molecule has 0 amide bonds. The Morgan fingerprint density at radius 3 is 1.09 bits per heavy atom. The first-order valence-corrected chi connectivity index (χ1v) is 25.9. The number of para-hydroxylation sites is 4. The maximum absolute atomic E-state index is 6.83. The third kappa shape index (κ3) is 5.86. The highest BCUT2D eigenvalue weighted by Crippen LogP contribution is 2.65. The van der Waals surface area contributed by atoms with Gasteiger partial charge in [0.25, 0.3) is 0 Å². The Morgan fingerprint density at radius 2 is 0.573 bits per heavy atom. The number of benzene rings is 12. The van der Waals surface area contributed by atoms with Crippen molar-refractivity contribution in [3.63, 3.8) is 0 Å². The van der Waals surface area contributed by atoms with Gasteiger partial charge in [-0.1, -0.05) is 200 Å². The predicted molar refractivity (Wildman–Crippen MR) is 304 cm³/mol. The van der Waals surface area contributed by atoms with E-state index in [1.165, 1.54) is 72.0 Å². The van der Waals surface area contributed by atoms with Gasteiger partial charge in [0.15, 0.2) is 0 Å². The Bertz CT molecular complexity index is 4220. The predicted octanol–water partition coefficient (Wildman–Crippen LogP) is 18.6. The van der Waals surface area contributed by atoms with Crippen molar-refractivity contribution in [2.75, 3.05) is 4.90 Å². The van der Waals surface area contributed by atoms with Gasteiger partial charge in [-0.15, -0.1) is 0 Å². The topological polar surface area (TPSA) is 21.7 Å². The molecular formula is C72H45NO2. The summed E-state index contributed by atoms with van der Waals surface area (Å²) < 4.78 is 13.6. The zero-order chi connectivity index (χ0) is 49.2. The Morgan fingerprint density at radius 1 is 0.227 bits per heavy atom. The molecule has 0 fully saturated rings. The summed E-state index contributed by atoms with van der Waals surface area (Å²) in [7, 11) is 0. The molecule has 2 heterocycles. The minimum atomic E-state index is -0.670. The number of hydrogen-bond acceptors (Lipinski definition) is 3. The molecule has 0 N–H and O–H groups in total.